The topological polar surface area (TPSA) is 87.4 Å². The van der Waals surface area contributed by atoms with Gasteiger partial charge in [-0.1, -0.05) is 0 Å². The second kappa shape index (κ2) is 2.44. The molecule has 6 nitrogen and oxygen atoms in total. The van der Waals surface area contributed by atoms with Gasteiger partial charge in [0.25, 0.3) is 0 Å². The first-order valence-electron chi connectivity index (χ1n) is 3.34. The maximum Gasteiger partial charge on any atom is 0.431 e. The SMILES string of the molecule is O=c1oc2ccc[n+]([O-])c2oc1=O. The van der Waals surface area contributed by atoms with Gasteiger partial charge in [0.15, 0.2) is 6.20 Å². The Bertz CT molecular complexity index is 567. The van der Waals surface area contributed by atoms with E-state index in [1.807, 2.05) is 0 Å². The molecule has 2 aromatic rings. The predicted octanol–water partition coefficient (Wildman–Crippen LogP) is -0.620. The molecule has 0 unspecified atom stereocenters. The predicted molar refractivity (Wildman–Crippen MR) is 40.0 cm³/mol. The summed E-state index contributed by atoms with van der Waals surface area (Å²) in [5.41, 5.74) is -2.68. The number of fused-ring (bicyclic) bond motifs is 1. The summed E-state index contributed by atoms with van der Waals surface area (Å²) in [4.78, 5) is 21.3. The minimum atomic E-state index is -1.19. The molecule has 0 saturated carbocycles. The van der Waals surface area contributed by atoms with E-state index >= 15 is 0 Å². The van der Waals surface area contributed by atoms with Crippen LogP contribution in [-0.2, 0) is 0 Å². The number of pyridine rings is 1. The van der Waals surface area contributed by atoms with Crippen LogP contribution >= 0.6 is 0 Å². The molecule has 0 fully saturated rings. The number of hydrogen-bond acceptors (Lipinski definition) is 5. The van der Waals surface area contributed by atoms with Gasteiger partial charge in [0.05, 0.1) is 0 Å². The molecule has 0 atom stereocenters. The van der Waals surface area contributed by atoms with Crippen LogP contribution in [0.1, 0.15) is 0 Å². The maximum absolute atomic E-state index is 11.0. The summed E-state index contributed by atoms with van der Waals surface area (Å²) in [7, 11) is 0. The molecule has 0 aromatic carbocycles. The van der Waals surface area contributed by atoms with Crippen LogP contribution < -0.4 is 16.0 Å². The van der Waals surface area contributed by atoms with Gasteiger partial charge in [-0.15, -0.1) is 4.73 Å². The highest BCUT2D eigenvalue weighted by Gasteiger charge is 2.11. The lowest BCUT2D eigenvalue weighted by atomic mass is 10.5. The number of nitrogens with zero attached hydrogens (tertiary/aromatic N) is 1. The molecule has 0 bridgehead atoms. The van der Waals surface area contributed by atoms with Crippen molar-refractivity contribution in [3.8, 4) is 0 Å². The number of aromatic nitrogens is 1. The van der Waals surface area contributed by atoms with Crippen LogP contribution in [0.3, 0.4) is 0 Å². The van der Waals surface area contributed by atoms with Gasteiger partial charge in [-0.2, -0.15) is 0 Å². The molecule has 0 spiro atoms. The van der Waals surface area contributed by atoms with Crippen molar-refractivity contribution in [3.63, 3.8) is 0 Å². The van der Waals surface area contributed by atoms with Gasteiger partial charge in [0, 0.05) is 6.07 Å². The standard InChI is InChI=1S/C7H3NO5/c9-6-7(10)13-5-4(12-6)2-1-3-8(5)11/h1-3H. The maximum atomic E-state index is 11.0. The van der Waals surface area contributed by atoms with E-state index in [-0.39, 0.29) is 11.3 Å². The third kappa shape index (κ3) is 1.08. The Kier molecular flexibility index (Phi) is 1.42. The first-order chi connectivity index (χ1) is 6.18. The number of rotatable bonds is 0. The first kappa shape index (κ1) is 7.53. The molecule has 0 aliphatic rings. The lowest BCUT2D eigenvalue weighted by molar-refractivity contribution is -0.585. The Morgan fingerprint density at radius 2 is 1.92 bits per heavy atom. The summed E-state index contributed by atoms with van der Waals surface area (Å²) < 4.78 is 9.21. The van der Waals surface area contributed by atoms with Gasteiger partial charge in [-0.25, -0.2) is 9.59 Å². The molecule has 6 heteroatoms. The number of hydrogen-bond donors (Lipinski definition) is 0. The summed E-state index contributed by atoms with van der Waals surface area (Å²) >= 11 is 0. The smallest absolute Gasteiger partial charge is 0.431 e. The molecule has 0 aliphatic carbocycles. The lowest BCUT2D eigenvalue weighted by Gasteiger charge is -1.95. The van der Waals surface area contributed by atoms with E-state index < -0.39 is 11.3 Å². The summed E-state index contributed by atoms with van der Waals surface area (Å²) in [6.07, 6.45) is 1.13. The third-order valence-corrected chi connectivity index (χ3v) is 1.44. The van der Waals surface area contributed by atoms with Crippen molar-refractivity contribution in [2.75, 3.05) is 0 Å². The van der Waals surface area contributed by atoms with Crippen LogP contribution in [0.15, 0.2) is 36.8 Å². The zero-order chi connectivity index (χ0) is 9.42. The zero-order valence-electron chi connectivity index (χ0n) is 6.22. The molecule has 0 N–H and O–H groups in total. The van der Waals surface area contributed by atoms with Crippen molar-refractivity contribution in [3.05, 3.63) is 44.4 Å². The average molecular weight is 181 g/mol. The van der Waals surface area contributed by atoms with Crippen LogP contribution in [0.4, 0.5) is 0 Å². The second-order valence-electron chi connectivity index (χ2n) is 2.28. The van der Waals surface area contributed by atoms with Crippen molar-refractivity contribution < 1.29 is 13.6 Å². The zero-order valence-corrected chi connectivity index (χ0v) is 6.22. The van der Waals surface area contributed by atoms with Crippen molar-refractivity contribution in [1.29, 1.82) is 0 Å². The highest BCUT2D eigenvalue weighted by molar-refractivity contribution is 5.59. The van der Waals surface area contributed by atoms with Crippen LogP contribution in [0.2, 0.25) is 0 Å². The Labute approximate surface area is 70.2 Å². The molecule has 2 rings (SSSR count). The Hall–Kier alpha value is -2.11. The average Bonchev–Trinajstić information content (AvgIpc) is 2.09. The van der Waals surface area contributed by atoms with Gasteiger partial charge in [0.1, 0.15) is 0 Å². The van der Waals surface area contributed by atoms with Crippen molar-refractivity contribution >= 4 is 11.3 Å². The molecule has 0 saturated heterocycles. The summed E-state index contributed by atoms with van der Waals surface area (Å²) in [6.45, 7) is 0. The van der Waals surface area contributed by atoms with E-state index in [1.165, 1.54) is 12.1 Å². The van der Waals surface area contributed by atoms with E-state index in [0.29, 0.717) is 4.73 Å². The van der Waals surface area contributed by atoms with E-state index in [2.05, 4.69) is 8.83 Å². The van der Waals surface area contributed by atoms with Gasteiger partial charge in [-0.3, -0.25) is 0 Å². The summed E-state index contributed by atoms with van der Waals surface area (Å²) in [6, 6.07) is 2.73. The fourth-order valence-electron chi connectivity index (χ4n) is 0.900. The van der Waals surface area contributed by atoms with Gasteiger partial charge < -0.3 is 14.0 Å². The Balaban J connectivity index is 3.06. The second-order valence-corrected chi connectivity index (χ2v) is 2.28. The van der Waals surface area contributed by atoms with Crippen LogP contribution in [0.25, 0.3) is 11.3 Å². The van der Waals surface area contributed by atoms with Gasteiger partial charge in [0.2, 0.25) is 5.58 Å². The molecular formula is C7H3NO5. The van der Waals surface area contributed by atoms with Gasteiger partial charge in [-0.05, 0) is 6.07 Å². The lowest BCUT2D eigenvalue weighted by Crippen LogP contribution is -2.30. The monoisotopic (exact) mass is 181 g/mol. The molecule has 66 valence electrons. The molecule has 13 heavy (non-hydrogen) atoms. The largest absolute Gasteiger partial charge is 0.616 e. The van der Waals surface area contributed by atoms with E-state index in [0.717, 1.165) is 6.20 Å². The minimum Gasteiger partial charge on any atom is -0.616 e. The summed E-state index contributed by atoms with van der Waals surface area (Å²) in [5.74, 6) is 0. The molecule has 0 aliphatic heterocycles. The van der Waals surface area contributed by atoms with Crippen LogP contribution in [0.5, 0.6) is 0 Å². The van der Waals surface area contributed by atoms with Crippen LogP contribution in [-0.4, -0.2) is 0 Å². The molecule has 2 heterocycles. The van der Waals surface area contributed by atoms with Crippen molar-refractivity contribution in [2.45, 2.75) is 0 Å². The minimum absolute atomic E-state index is 0.0536. The Morgan fingerprint density at radius 3 is 2.69 bits per heavy atom. The van der Waals surface area contributed by atoms with E-state index in [9.17, 15) is 14.8 Å². The van der Waals surface area contributed by atoms with E-state index in [4.69, 9.17) is 0 Å². The fourth-order valence-corrected chi connectivity index (χ4v) is 0.900. The molecule has 2 aromatic heterocycles. The molecule has 0 amide bonds. The fraction of sp³-hybridized carbons (Fsp3) is 0. The first-order valence-corrected chi connectivity index (χ1v) is 3.34. The Morgan fingerprint density at radius 1 is 1.23 bits per heavy atom. The molecular weight excluding hydrogens is 178 g/mol. The molecule has 0 radical (unpaired) electrons. The van der Waals surface area contributed by atoms with Gasteiger partial charge >= 0.3 is 17.0 Å². The summed E-state index contributed by atoms with van der Waals surface area (Å²) in [5, 5.41) is 11.0. The highest BCUT2D eigenvalue weighted by Crippen LogP contribution is 2.02. The normalized spacial score (nSPS) is 10.5. The van der Waals surface area contributed by atoms with Crippen molar-refractivity contribution in [2.24, 2.45) is 0 Å². The van der Waals surface area contributed by atoms with Crippen LogP contribution in [0, 0.1) is 5.21 Å². The highest BCUT2D eigenvalue weighted by atomic mass is 16.5. The third-order valence-electron chi connectivity index (χ3n) is 1.44. The quantitative estimate of drug-likeness (QED) is 0.307. The van der Waals surface area contributed by atoms with Crippen molar-refractivity contribution in [1.82, 2.24) is 0 Å². The van der Waals surface area contributed by atoms with E-state index in [1.54, 1.807) is 0 Å².